The van der Waals surface area contributed by atoms with Gasteiger partial charge in [-0.1, -0.05) is 48.5 Å². The Balaban J connectivity index is 1.63. The normalized spacial score (nSPS) is 23.2. The third-order valence-corrected chi connectivity index (χ3v) is 4.80. The van der Waals surface area contributed by atoms with Crippen LogP contribution >= 0.6 is 0 Å². The zero-order valence-corrected chi connectivity index (χ0v) is 13.5. The lowest BCUT2D eigenvalue weighted by Crippen LogP contribution is -2.47. The Morgan fingerprint density at radius 2 is 1.84 bits per heavy atom. The maximum Gasteiger partial charge on any atom is 0.325 e. The Bertz CT molecular complexity index is 823. The molecule has 0 radical (unpaired) electrons. The highest BCUT2D eigenvalue weighted by Crippen LogP contribution is 2.41. The fraction of sp³-hybridized carbons (Fsp3) is 0.263. The van der Waals surface area contributed by atoms with Gasteiger partial charge >= 0.3 is 6.03 Å². The fourth-order valence-corrected chi connectivity index (χ4v) is 3.49. The van der Waals surface area contributed by atoms with Gasteiger partial charge in [0.05, 0.1) is 19.3 Å². The van der Waals surface area contributed by atoms with Gasteiger partial charge in [0.25, 0.3) is 5.91 Å². The Morgan fingerprint density at radius 3 is 2.64 bits per heavy atom. The topological polar surface area (TPSA) is 78.9 Å². The van der Waals surface area contributed by atoms with Crippen LogP contribution in [0.5, 0.6) is 5.75 Å². The number of rotatable bonds is 3. The second-order valence-corrected chi connectivity index (χ2v) is 6.27. The summed E-state index contributed by atoms with van der Waals surface area (Å²) < 4.78 is 5.61. The van der Waals surface area contributed by atoms with E-state index in [0.717, 1.165) is 4.90 Å². The number of nitrogens with one attached hydrogen (secondary N) is 1. The monoisotopic (exact) mass is 338 g/mol. The summed E-state index contributed by atoms with van der Waals surface area (Å²) in [5.41, 5.74) is 0.218. The van der Waals surface area contributed by atoms with Crippen LogP contribution in [-0.4, -0.2) is 35.1 Å². The number of ether oxygens (including phenoxy) is 1. The number of urea groups is 1. The second-order valence-electron chi connectivity index (χ2n) is 6.27. The summed E-state index contributed by atoms with van der Waals surface area (Å²) in [6.07, 6.45) is -0.562. The van der Waals surface area contributed by atoms with Crippen molar-refractivity contribution in [2.45, 2.75) is 18.1 Å². The number of para-hydroxylation sites is 1. The summed E-state index contributed by atoms with van der Waals surface area (Å²) in [5.74, 6) is 0.260. The van der Waals surface area contributed by atoms with Crippen molar-refractivity contribution in [3.63, 3.8) is 0 Å². The van der Waals surface area contributed by atoms with Gasteiger partial charge in [0.2, 0.25) is 0 Å². The van der Waals surface area contributed by atoms with Gasteiger partial charge in [-0.25, -0.2) is 4.79 Å². The Labute approximate surface area is 145 Å². The Morgan fingerprint density at radius 1 is 1.12 bits per heavy atom. The first kappa shape index (κ1) is 15.7. The molecule has 2 heterocycles. The molecule has 1 saturated heterocycles. The van der Waals surface area contributed by atoms with E-state index in [2.05, 4.69) is 5.32 Å². The first-order valence-electron chi connectivity index (χ1n) is 8.21. The van der Waals surface area contributed by atoms with Crippen LogP contribution in [0.25, 0.3) is 0 Å². The minimum Gasteiger partial charge on any atom is -0.493 e. The molecule has 0 saturated carbocycles. The summed E-state index contributed by atoms with van der Waals surface area (Å²) in [7, 11) is 0. The molecule has 2 aromatic carbocycles. The van der Waals surface area contributed by atoms with Crippen LogP contribution in [0.2, 0.25) is 0 Å². The van der Waals surface area contributed by atoms with Crippen molar-refractivity contribution in [3.8, 4) is 5.75 Å². The van der Waals surface area contributed by atoms with Crippen LogP contribution in [0.3, 0.4) is 0 Å². The highest BCUT2D eigenvalue weighted by Gasteiger charge is 2.55. The van der Waals surface area contributed by atoms with Gasteiger partial charge in [-0.3, -0.25) is 9.69 Å². The molecule has 2 N–H and O–H groups in total. The summed E-state index contributed by atoms with van der Waals surface area (Å²) in [4.78, 5) is 26.7. The van der Waals surface area contributed by atoms with Gasteiger partial charge in [0.15, 0.2) is 5.54 Å². The molecule has 2 aliphatic heterocycles. The van der Waals surface area contributed by atoms with E-state index in [1.165, 1.54) is 0 Å². The molecule has 0 unspecified atom stereocenters. The van der Waals surface area contributed by atoms with Gasteiger partial charge in [-0.2, -0.15) is 0 Å². The van der Waals surface area contributed by atoms with E-state index in [9.17, 15) is 14.7 Å². The number of carbonyl (C=O) groups excluding carboxylic acids is 2. The number of carbonyl (C=O) groups is 2. The SMILES string of the molecule is O=C1N[C@@]2(CCOc3ccccc32)C(=O)N1C[C@@H](O)c1ccccc1. The molecule has 4 rings (SSSR count). The van der Waals surface area contributed by atoms with Crippen molar-refractivity contribution in [3.05, 3.63) is 65.7 Å². The highest BCUT2D eigenvalue weighted by atomic mass is 16.5. The molecule has 6 nitrogen and oxygen atoms in total. The van der Waals surface area contributed by atoms with Gasteiger partial charge in [0.1, 0.15) is 5.75 Å². The second kappa shape index (κ2) is 5.89. The zero-order chi connectivity index (χ0) is 17.4. The number of hydrogen-bond donors (Lipinski definition) is 2. The first-order valence-corrected chi connectivity index (χ1v) is 8.21. The number of aliphatic hydroxyl groups is 1. The summed E-state index contributed by atoms with van der Waals surface area (Å²) >= 11 is 0. The van der Waals surface area contributed by atoms with Crippen molar-refractivity contribution in [2.24, 2.45) is 0 Å². The smallest absolute Gasteiger partial charge is 0.325 e. The van der Waals surface area contributed by atoms with Crippen LogP contribution in [0.4, 0.5) is 4.79 Å². The van der Waals surface area contributed by atoms with Gasteiger partial charge in [-0.15, -0.1) is 0 Å². The predicted octanol–water partition coefficient (Wildman–Crippen LogP) is 1.95. The van der Waals surface area contributed by atoms with Crippen molar-refractivity contribution in [1.29, 1.82) is 0 Å². The number of aliphatic hydroxyl groups excluding tert-OH is 1. The Hall–Kier alpha value is -2.86. The molecule has 2 aliphatic rings. The molecule has 2 aromatic rings. The van der Waals surface area contributed by atoms with Crippen molar-refractivity contribution in [2.75, 3.05) is 13.2 Å². The lowest BCUT2D eigenvalue weighted by molar-refractivity contribution is -0.133. The van der Waals surface area contributed by atoms with E-state index in [4.69, 9.17) is 4.74 Å². The number of imide groups is 1. The molecule has 6 heteroatoms. The molecule has 2 atom stereocenters. The number of fused-ring (bicyclic) bond motifs is 2. The summed E-state index contributed by atoms with van der Waals surface area (Å²) in [6, 6.07) is 15.7. The van der Waals surface area contributed by atoms with E-state index in [1.54, 1.807) is 36.4 Å². The molecular weight excluding hydrogens is 320 g/mol. The summed E-state index contributed by atoms with van der Waals surface area (Å²) in [6.45, 7) is 0.261. The highest BCUT2D eigenvalue weighted by molar-refractivity contribution is 6.08. The summed E-state index contributed by atoms with van der Waals surface area (Å²) in [5, 5.41) is 13.2. The molecule has 0 aliphatic carbocycles. The van der Waals surface area contributed by atoms with E-state index < -0.39 is 17.7 Å². The lowest BCUT2D eigenvalue weighted by Gasteiger charge is -2.33. The van der Waals surface area contributed by atoms with Gasteiger partial charge in [-0.05, 0) is 11.6 Å². The standard InChI is InChI=1S/C19H18N2O4/c22-15(13-6-2-1-3-7-13)12-21-17(23)19(20-18(21)24)10-11-25-16-9-5-4-8-14(16)19/h1-9,15,22H,10-12H2,(H,20,24)/t15-,19-/m1/s1. The number of benzene rings is 2. The largest absolute Gasteiger partial charge is 0.493 e. The van der Waals surface area contributed by atoms with E-state index in [1.807, 2.05) is 18.2 Å². The van der Waals surface area contributed by atoms with E-state index >= 15 is 0 Å². The molecule has 0 aromatic heterocycles. The number of β-amino-alcohol motifs (C(OH)–C–C–N with tert-alkyl or cyclic N) is 1. The zero-order valence-electron chi connectivity index (χ0n) is 13.5. The van der Waals surface area contributed by atoms with Gasteiger partial charge < -0.3 is 15.2 Å². The molecule has 3 amide bonds. The fourth-order valence-electron chi connectivity index (χ4n) is 3.49. The molecule has 1 spiro atoms. The van der Waals surface area contributed by atoms with Crippen molar-refractivity contribution >= 4 is 11.9 Å². The molecular formula is C19H18N2O4. The van der Waals surface area contributed by atoms with E-state index in [0.29, 0.717) is 29.9 Å². The minimum atomic E-state index is -1.11. The predicted molar refractivity (Wildman–Crippen MR) is 89.9 cm³/mol. The molecule has 0 bridgehead atoms. The van der Waals surface area contributed by atoms with Crippen LogP contribution in [-0.2, 0) is 10.3 Å². The van der Waals surface area contributed by atoms with Crippen LogP contribution < -0.4 is 10.1 Å². The quantitative estimate of drug-likeness (QED) is 0.839. The maximum absolute atomic E-state index is 13.1. The number of amides is 3. The van der Waals surface area contributed by atoms with Crippen molar-refractivity contribution < 1.29 is 19.4 Å². The third-order valence-electron chi connectivity index (χ3n) is 4.80. The van der Waals surface area contributed by atoms with Gasteiger partial charge in [0, 0.05) is 12.0 Å². The third kappa shape index (κ3) is 2.46. The maximum atomic E-state index is 13.1. The van der Waals surface area contributed by atoms with Crippen LogP contribution in [0.15, 0.2) is 54.6 Å². The number of nitrogens with zero attached hydrogens (tertiary/aromatic N) is 1. The first-order chi connectivity index (χ1) is 12.1. The molecule has 128 valence electrons. The van der Waals surface area contributed by atoms with Crippen LogP contribution in [0, 0.1) is 0 Å². The molecule has 1 fully saturated rings. The molecule has 25 heavy (non-hydrogen) atoms. The number of hydrogen-bond acceptors (Lipinski definition) is 4. The van der Waals surface area contributed by atoms with Crippen LogP contribution in [0.1, 0.15) is 23.7 Å². The minimum absolute atomic E-state index is 0.0839. The van der Waals surface area contributed by atoms with Crippen molar-refractivity contribution in [1.82, 2.24) is 10.2 Å². The van der Waals surface area contributed by atoms with E-state index in [-0.39, 0.29) is 12.5 Å². The Kier molecular flexibility index (Phi) is 3.69. The lowest BCUT2D eigenvalue weighted by atomic mass is 9.84. The average molecular weight is 338 g/mol. The average Bonchev–Trinajstić information content (AvgIpc) is 2.88.